The van der Waals surface area contributed by atoms with E-state index in [4.69, 9.17) is 9.47 Å². The first-order valence-corrected chi connectivity index (χ1v) is 11.9. The number of benzene rings is 1. The molecule has 2 aliphatic rings. The van der Waals surface area contributed by atoms with Crippen LogP contribution in [0.15, 0.2) is 60.6 Å². The molecule has 1 aromatic carbocycles. The smallest absolute Gasteiger partial charge is 0.323 e. The lowest BCUT2D eigenvalue weighted by Gasteiger charge is -2.33. The predicted molar refractivity (Wildman–Crippen MR) is 134 cm³/mol. The van der Waals surface area contributed by atoms with Crippen molar-refractivity contribution in [2.75, 3.05) is 25.5 Å². The number of ether oxygens (including phenoxy) is 2. The van der Waals surface area contributed by atoms with Crippen LogP contribution in [0.25, 0.3) is 6.08 Å². The quantitative estimate of drug-likeness (QED) is 0.510. The van der Waals surface area contributed by atoms with E-state index in [1.165, 1.54) is 43.5 Å². The molecule has 0 spiro atoms. The summed E-state index contributed by atoms with van der Waals surface area (Å²) in [5.41, 5.74) is 3.68. The van der Waals surface area contributed by atoms with E-state index in [-0.39, 0.29) is 11.9 Å². The van der Waals surface area contributed by atoms with Gasteiger partial charge in [0.05, 0.1) is 19.5 Å². The lowest BCUT2D eigenvalue weighted by atomic mass is 9.91. The number of likely N-dealkylation sites (tertiary alicyclic amines) is 1. The molecule has 3 aromatic rings. The Bertz CT molecular complexity index is 1210. The zero-order chi connectivity index (χ0) is 24.2. The Morgan fingerprint density at radius 2 is 1.94 bits per heavy atom. The first kappa shape index (κ1) is 22.8. The van der Waals surface area contributed by atoms with Crippen LogP contribution in [-0.4, -0.2) is 46.1 Å². The Labute approximate surface area is 205 Å². The number of amides is 2. The second-order valence-electron chi connectivity index (χ2n) is 9.07. The Kier molecular flexibility index (Phi) is 6.61. The maximum atomic E-state index is 12.7. The molecule has 2 aromatic heterocycles. The summed E-state index contributed by atoms with van der Waals surface area (Å²) in [5, 5.41) is 2.81. The summed E-state index contributed by atoms with van der Waals surface area (Å²) in [6.45, 7) is 3.41. The third-order valence-corrected chi connectivity index (χ3v) is 6.40. The number of piperidine rings is 1. The average molecular weight is 472 g/mol. The molecule has 1 saturated heterocycles. The van der Waals surface area contributed by atoms with Gasteiger partial charge in [-0.1, -0.05) is 36.8 Å². The zero-order valence-corrected chi connectivity index (χ0v) is 20.0. The van der Waals surface area contributed by atoms with E-state index >= 15 is 0 Å². The molecule has 1 atom stereocenters. The number of hydrogen-bond acceptors (Lipinski definition) is 6. The highest BCUT2D eigenvalue weighted by atomic mass is 16.5. The van der Waals surface area contributed by atoms with E-state index in [0.29, 0.717) is 36.6 Å². The number of nitrogens with one attached hydrogen (secondary N) is 1. The van der Waals surface area contributed by atoms with Crippen molar-refractivity contribution in [3.63, 3.8) is 0 Å². The number of carbonyl (C=O) groups is 1. The van der Waals surface area contributed by atoms with Gasteiger partial charge in [0.25, 0.3) is 0 Å². The minimum atomic E-state index is -0.175. The lowest BCUT2D eigenvalue weighted by molar-refractivity contribution is 0.197. The van der Waals surface area contributed by atoms with Gasteiger partial charge in [-0.05, 0) is 54.4 Å². The third-order valence-electron chi connectivity index (χ3n) is 6.40. The van der Waals surface area contributed by atoms with Crippen molar-refractivity contribution in [1.29, 1.82) is 0 Å². The van der Waals surface area contributed by atoms with Gasteiger partial charge in [-0.25, -0.2) is 19.7 Å². The fraction of sp³-hybridized carbons (Fsp3) is 0.333. The molecule has 1 aliphatic carbocycles. The molecule has 1 unspecified atom stereocenters. The molecule has 8 nitrogen and oxygen atoms in total. The average Bonchev–Trinajstić information content (AvgIpc) is 3.72. The fourth-order valence-electron chi connectivity index (χ4n) is 4.24. The monoisotopic (exact) mass is 471 g/mol. The first-order valence-electron chi connectivity index (χ1n) is 11.9. The Morgan fingerprint density at radius 1 is 1.09 bits per heavy atom. The molecule has 0 radical (unpaired) electrons. The number of aromatic nitrogens is 3. The molecule has 35 heavy (non-hydrogen) atoms. The van der Waals surface area contributed by atoms with E-state index in [0.717, 1.165) is 17.7 Å². The standard InChI is InChI=1S/C27H29N5O3/c1-18-17-32(27(33)31-24-15-30-26(34-2)16-28-24)11-10-21(18)12-19-4-3-5-23(13-19)35-25-9-8-22(14-29-25)20-6-7-20/h3-5,8-9,12-16,18,20H,6-7,10-11,17H2,1-2H3,(H,28,31,33). The number of methoxy groups -OCH3 is 1. The van der Waals surface area contributed by atoms with Gasteiger partial charge in [-0.2, -0.15) is 0 Å². The normalized spacial score (nSPS) is 18.9. The largest absolute Gasteiger partial charge is 0.480 e. The van der Waals surface area contributed by atoms with E-state index < -0.39 is 0 Å². The van der Waals surface area contributed by atoms with Crippen LogP contribution in [0.4, 0.5) is 10.6 Å². The number of anilines is 1. The Balaban J connectivity index is 1.19. The number of carbonyl (C=O) groups excluding carboxylic acids is 1. The molecule has 180 valence electrons. The molecular formula is C27H29N5O3. The van der Waals surface area contributed by atoms with Crippen molar-refractivity contribution >= 4 is 17.9 Å². The molecule has 2 fully saturated rings. The number of pyridine rings is 1. The van der Waals surface area contributed by atoms with Gasteiger partial charge in [0.1, 0.15) is 5.75 Å². The summed E-state index contributed by atoms with van der Waals surface area (Å²) in [5.74, 6) is 3.09. The first-order chi connectivity index (χ1) is 17.1. The summed E-state index contributed by atoms with van der Waals surface area (Å²) in [4.78, 5) is 27.2. The third kappa shape index (κ3) is 5.77. The second kappa shape index (κ2) is 10.1. The second-order valence-corrected chi connectivity index (χ2v) is 9.07. The van der Waals surface area contributed by atoms with Crippen molar-refractivity contribution < 1.29 is 14.3 Å². The number of hydrogen-bond donors (Lipinski definition) is 1. The Hall–Kier alpha value is -3.94. The maximum Gasteiger partial charge on any atom is 0.323 e. The summed E-state index contributed by atoms with van der Waals surface area (Å²) in [7, 11) is 1.52. The topological polar surface area (TPSA) is 89.5 Å². The summed E-state index contributed by atoms with van der Waals surface area (Å²) < 4.78 is 11.0. The molecule has 3 heterocycles. The highest BCUT2D eigenvalue weighted by molar-refractivity contribution is 5.88. The van der Waals surface area contributed by atoms with Crippen LogP contribution in [-0.2, 0) is 0 Å². The van der Waals surface area contributed by atoms with Gasteiger partial charge >= 0.3 is 6.03 Å². The van der Waals surface area contributed by atoms with Gasteiger partial charge in [0.15, 0.2) is 5.82 Å². The maximum absolute atomic E-state index is 12.7. The van der Waals surface area contributed by atoms with Crippen LogP contribution in [0.3, 0.4) is 0 Å². The summed E-state index contributed by atoms with van der Waals surface area (Å²) >= 11 is 0. The van der Waals surface area contributed by atoms with Gasteiger partial charge < -0.3 is 14.4 Å². The molecule has 1 saturated carbocycles. The molecule has 8 heteroatoms. The molecular weight excluding hydrogens is 442 g/mol. The molecule has 5 rings (SSSR count). The highest BCUT2D eigenvalue weighted by Gasteiger charge is 2.25. The number of rotatable bonds is 6. The SMILES string of the molecule is COc1cnc(NC(=O)N2CCC(=Cc3cccc(Oc4ccc(C5CC5)cn4)c3)C(C)C2)cn1. The Morgan fingerprint density at radius 3 is 2.63 bits per heavy atom. The van der Waals surface area contributed by atoms with Crippen molar-refractivity contribution in [2.24, 2.45) is 5.92 Å². The van der Waals surface area contributed by atoms with E-state index in [1.54, 1.807) is 0 Å². The molecule has 0 bridgehead atoms. The minimum Gasteiger partial charge on any atom is -0.480 e. The predicted octanol–water partition coefficient (Wildman–Crippen LogP) is 5.51. The molecule has 1 aliphatic heterocycles. The highest BCUT2D eigenvalue weighted by Crippen LogP contribution is 2.40. The minimum absolute atomic E-state index is 0.175. The fourth-order valence-corrected chi connectivity index (χ4v) is 4.24. The van der Waals surface area contributed by atoms with E-state index in [1.807, 2.05) is 35.4 Å². The van der Waals surface area contributed by atoms with Crippen LogP contribution in [0.2, 0.25) is 0 Å². The van der Waals surface area contributed by atoms with Gasteiger partial charge in [-0.3, -0.25) is 5.32 Å². The van der Waals surface area contributed by atoms with Gasteiger partial charge in [0, 0.05) is 25.4 Å². The lowest BCUT2D eigenvalue weighted by Crippen LogP contribution is -2.42. The van der Waals surface area contributed by atoms with Crippen molar-refractivity contribution in [3.8, 4) is 17.5 Å². The van der Waals surface area contributed by atoms with Crippen molar-refractivity contribution in [1.82, 2.24) is 19.9 Å². The zero-order valence-electron chi connectivity index (χ0n) is 20.0. The molecule has 2 amide bonds. The summed E-state index contributed by atoms with van der Waals surface area (Å²) in [6.07, 6.45) is 10.4. The van der Waals surface area contributed by atoms with E-state index in [2.05, 4.69) is 45.4 Å². The van der Waals surface area contributed by atoms with Crippen molar-refractivity contribution in [3.05, 3.63) is 71.7 Å². The van der Waals surface area contributed by atoms with Crippen molar-refractivity contribution in [2.45, 2.75) is 32.1 Å². The van der Waals surface area contributed by atoms with Gasteiger partial charge in [-0.15, -0.1) is 0 Å². The number of nitrogens with zero attached hydrogens (tertiary/aromatic N) is 4. The summed E-state index contributed by atoms with van der Waals surface area (Å²) in [6, 6.07) is 11.9. The van der Waals surface area contributed by atoms with Crippen LogP contribution < -0.4 is 14.8 Å². The van der Waals surface area contributed by atoms with Crippen LogP contribution >= 0.6 is 0 Å². The van der Waals surface area contributed by atoms with Crippen LogP contribution in [0, 0.1) is 5.92 Å². The van der Waals surface area contributed by atoms with Crippen LogP contribution in [0.1, 0.15) is 43.2 Å². The van der Waals surface area contributed by atoms with E-state index in [9.17, 15) is 4.79 Å². The van der Waals surface area contributed by atoms with Gasteiger partial charge in [0.2, 0.25) is 11.8 Å². The molecule has 1 N–H and O–H groups in total. The van der Waals surface area contributed by atoms with Crippen LogP contribution in [0.5, 0.6) is 17.5 Å². The number of urea groups is 1.